The van der Waals surface area contributed by atoms with Gasteiger partial charge in [-0.15, -0.1) is 0 Å². The largest absolute Gasteiger partial charge is 0.349 e. The van der Waals surface area contributed by atoms with E-state index < -0.39 is 0 Å². The molecule has 0 saturated carbocycles. The second-order valence-electron chi connectivity index (χ2n) is 6.20. The van der Waals surface area contributed by atoms with Crippen LogP contribution in [0.2, 0.25) is 0 Å². The molecule has 0 N–H and O–H groups in total. The van der Waals surface area contributed by atoms with Crippen LogP contribution in [-0.2, 0) is 13.5 Å². The molecule has 1 aliphatic rings. The number of nitrogens with zero attached hydrogens (tertiary/aromatic N) is 5. The van der Waals surface area contributed by atoms with E-state index in [2.05, 4.69) is 48.7 Å². The van der Waals surface area contributed by atoms with Crippen LogP contribution in [-0.4, -0.2) is 26.3 Å². The zero-order valence-corrected chi connectivity index (χ0v) is 14.2. The molecule has 1 unspecified atom stereocenters. The summed E-state index contributed by atoms with van der Waals surface area (Å²) in [4.78, 5) is 11.7. The highest BCUT2D eigenvalue weighted by Gasteiger charge is 2.31. The zero-order chi connectivity index (χ0) is 15.9. The minimum atomic E-state index is 0.382. The lowest BCUT2D eigenvalue weighted by atomic mass is 10.0. The average Bonchev–Trinajstić information content (AvgIpc) is 3.04. The van der Waals surface area contributed by atoms with Gasteiger partial charge in [0.05, 0.1) is 11.7 Å². The molecule has 1 aliphatic heterocycles. The van der Waals surface area contributed by atoms with Crippen LogP contribution in [0.1, 0.15) is 54.3 Å². The molecule has 5 heteroatoms. The van der Waals surface area contributed by atoms with E-state index >= 15 is 0 Å². The van der Waals surface area contributed by atoms with Crippen molar-refractivity contribution in [3.63, 3.8) is 0 Å². The first kappa shape index (κ1) is 15.0. The van der Waals surface area contributed by atoms with Gasteiger partial charge in [0, 0.05) is 43.0 Å². The Labute approximate surface area is 132 Å². The Kier molecular flexibility index (Phi) is 3.89. The Morgan fingerprint density at radius 2 is 2.00 bits per heavy atom. The van der Waals surface area contributed by atoms with E-state index in [0.717, 1.165) is 42.4 Å². The van der Waals surface area contributed by atoms with Crippen molar-refractivity contribution in [2.75, 3.05) is 11.4 Å². The van der Waals surface area contributed by atoms with E-state index in [9.17, 15) is 0 Å². The summed E-state index contributed by atoms with van der Waals surface area (Å²) in [5, 5.41) is 4.59. The lowest BCUT2D eigenvalue weighted by Gasteiger charge is -2.27. The number of rotatable bonds is 3. The Hall–Kier alpha value is -1.91. The minimum absolute atomic E-state index is 0.382. The molecule has 0 amide bonds. The van der Waals surface area contributed by atoms with Gasteiger partial charge in [-0.05, 0) is 33.6 Å². The molecule has 22 heavy (non-hydrogen) atoms. The molecule has 1 fully saturated rings. The second-order valence-corrected chi connectivity index (χ2v) is 6.20. The van der Waals surface area contributed by atoms with Gasteiger partial charge in [-0.2, -0.15) is 5.10 Å². The normalized spacial score (nSPS) is 18.2. The van der Waals surface area contributed by atoms with Gasteiger partial charge in [0.15, 0.2) is 0 Å². The summed E-state index contributed by atoms with van der Waals surface area (Å²) in [6, 6.07) is 2.49. The topological polar surface area (TPSA) is 46.8 Å². The van der Waals surface area contributed by atoms with Crippen LogP contribution in [0.15, 0.2) is 6.07 Å². The van der Waals surface area contributed by atoms with Crippen molar-refractivity contribution >= 4 is 5.82 Å². The molecule has 5 nitrogen and oxygen atoms in total. The number of hydrogen-bond acceptors (Lipinski definition) is 4. The lowest BCUT2D eigenvalue weighted by Crippen LogP contribution is -2.25. The first-order valence-corrected chi connectivity index (χ1v) is 8.12. The number of aromatic nitrogens is 4. The van der Waals surface area contributed by atoms with E-state index in [1.54, 1.807) is 0 Å². The fraction of sp³-hybridized carbons (Fsp3) is 0.588. The third kappa shape index (κ3) is 2.49. The average molecular weight is 299 g/mol. The predicted molar refractivity (Wildman–Crippen MR) is 88.2 cm³/mol. The van der Waals surface area contributed by atoms with Gasteiger partial charge < -0.3 is 4.90 Å². The van der Waals surface area contributed by atoms with Crippen LogP contribution in [0.4, 0.5) is 5.82 Å². The van der Waals surface area contributed by atoms with Crippen LogP contribution in [0, 0.1) is 20.8 Å². The van der Waals surface area contributed by atoms with E-state index in [1.165, 1.54) is 17.7 Å². The van der Waals surface area contributed by atoms with Gasteiger partial charge in [-0.25, -0.2) is 9.97 Å². The molecule has 0 radical (unpaired) electrons. The van der Waals surface area contributed by atoms with Crippen molar-refractivity contribution in [1.82, 2.24) is 19.7 Å². The van der Waals surface area contributed by atoms with Crippen molar-refractivity contribution in [3.8, 4) is 0 Å². The summed E-state index contributed by atoms with van der Waals surface area (Å²) >= 11 is 0. The highest BCUT2D eigenvalue weighted by Crippen LogP contribution is 2.38. The maximum absolute atomic E-state index is 4.76. The number of hydrogen-bond donors (Lipinski definition) is 0. The molecule has 2 aromatic heterocycles. The Morgan fingerprint density at radius 1 is 1.23 bits per heavy atom. The zero-order valence-electron chi connectivity index (χ0n) is 14.2. The van der Waals surface area contributed by atoms with E-state index in [0.29, 0.717) is 6.04 Å². The Morgan fingerprint density at radius 3 is 2.64 bits per heavy atom. The van der Waals surface area contributed by atoms with Crippen molar-refractivity contribution in [2.24, 2.45) is 7.05 Å². The first-order chi connectivity index (χ1) is 10.5. The molecule has 1 saturated heterocycles. The molecule has 2 aromatic rings. The molecular formula is C17H25N5. The van der Waals surface area contributed by atoms with Gasteiger partial charge in [0.25, 0.3) is 0 Å². The Balaban J connectivity index is 2.02. The summed E-state index contributed by atoms with van der Waals surface area (Å²) in [5.41, 5.74) is 4.82. The molecular weight excluding hydrogens is 274 g/mol. The molecule has 118 valence electrons. The molecule has 3 rings (SSSR count). The first-order valence-electron chi connectivity index (χ1n) is 8.12. The van der Waals surface area contributed by atoms with Crippen molar-refractivity contribution < 1.29 is 0 Å². The Bertz CT molecular complexity index is 689. The second kappa shape index (κ2) is 5.71. The van der Waals surface area contributed by atoms with Gasteiger partial charge in [-0.1, -0.05) is 6.92 Å². The number of aryl methyl sites for hydroxylation is 4. The highest BCUT2D eigenvalue weighted by atomic mass is 15.3. The molecule has 3 heterocycles. The maximum Gasteiger partial charge on any atom is 0.133 e. The summed E-state index contributed by atoms with van der Waals surface area (Å²) in [5.74, 6) is 2.00. The summed E-state index contributed by atoms with van der Waals surface area (Å²) in [6.45, 7) is 9.49. The van der Waals surface area contributed by atoms with Crippen LogP contribution < -0.4 is 4.90 Å². The molecule has 0 aliphatic carbocycles. The predicted octanol–water partition coefficient (Wildman–Crippen LogP) is 3.04. The molecule has 0 spiro atoms. The van der Waals surface area contributed by atoms with E-state index in [1.807, 2.05) is 11.7 Å². The fourth-order valence-corrected chi connectivity index (χ4v) is 3.53. The monoisotopic (exact) mass is 299 g/mol. The summed E-state index contributed by atoms with van der Waals surface area (Å²) in [6.07, 6.45) is 3.24. The van der Waals surface area contributed by atoms with Gasteiger partial charge in [-0.3, -0.25) is 4.68 Å². The van der Waals surface area contributed by atoms with Gasteiger partial charge in [0.2, 0.25) is 0 Å². The van der Waals surface area contributed by atoms with Crippen molar-refractivity contribution in [3.05, 3.63) is 34.5 Å². The standard InChI is InChI=1S/C17H25N5/c1-6-15-18-11(2)10-16(19-15)22-9-7-8-14(22)17-12(3)20-21(5)13(17)4/h10,14H,6-9H2,1-5H3. The molecule has 1 atom stereocenters. The van der Waals surface area contributed by atoms with Gasteiger partial charge >= 0.3 is 0 Å². The number of anilines is 1. The van der Waals surface area contributed by atoms with Crippen molar-refractivity contribution in [1.29, 1.82) is 0 Å². The van der Waals surface area contributed by atoms with Crippen LogP contribution >= 0.6 is 0 Å². The van der Waals surface area contributed by atoms with E-state index in [-0.39, 0.29) is 0 Å². The fourth-order valence-electron chi connectivity index (χ4n) is 3.53. The van der Waals surface area contributed by atoms with Crippen LogP contribution in [0.3, 0.4) is 0 Å². The lowest BCUT2D eigenvalue weighted by molar-refractivity contribution is 0.689. The summed E-state index contributed by atoms with van der Waals surface area (Å²) < 4.78 is 1.99. The van der Waals surface area contributed by atoms with Crippen LogP contribution in [0.25, 0.3) is 0 Å². The van der Waals surface area contributed by atoms with Gasteiger partial charge in [0.1, 0.15) is 11.6 Å². The summed E-state index contributed by atoms with van der Waals surface area (Å²) in [7, 11) is 2.02. The van der Waals surface area contributed by atoms with Crippen LogP contribution in [0.5, 0.6) is 0 Å². The third-order valence-corrected chi connectivity index (χ3v) is 4.65. The van der Waals surface area contributed by atoms with E-state index in [4.69, 9.17) is 4.98 Å². The highest BCUT2D eigenvalue weighted by molar-refractivity contribution is 5.46. The minimum Gasteiger partial charge on any atom is -0.349 e. The quantitative estimate of drug-likeness (QED) is 0.874. The third-order valence-electron chi connectivity index (χ3n) is 4.65. The molecule has 0 bridgehead atoms. The smallest absolute Gasteiger partial charge is 0.133 e. The van der Waals surface area contributed by atoms with Crippen molar-refractivity contribution in [2.45, 2.75) is 53.0 Å². The maximum atomic E-state index is 4.76. The molecule has 0 aromatic carbocycles. The SMILES string of the molecule is CCc1nc(C)cc(N2CCCC2c2c(C)nn(C)c2C)n1.